The molecular weight excluding hydrogens is 448 g/mol. The van der Waals surface area contributed by atoms with Crippen molar-refractivity contribution in [2.75, 3.05) is 13.2 Å². The van der Waals surface area contributed by atoms with E-state index in [2.05, 4.69) is 38.2 Å². The maximum Gasteiger partial charge on any atom is 0.0466 e. The van der Waals surface area contributed by atoms with Crippen LogP contribution in [0.3, 0.4) is 0 Å². The number of hydrogen-bond acceptors (Lipinski definition) is 1. The summed E-state index contributed by atoms with van der Waals surface area (Å²) in [6.07, 6.45) is 48.1. The zero-order valence-corrected chi connectivity index (χ0v) is 25.9. The molecule has 0 radical (unpaired) electrons. The van der Waals surface area contributed by atoms with E-state index >= 15 is 0 Å². The van der Waals surface area contributed by atoms with Crippen LogP contribution < -0.4 is 0 Å². The van der Waals surface area contributed by atoms with E-state index in [4.69, 9.17) is 4.74 Å². The van der Waals surface area contributed by atoms with Crippen molar-refractivity contribution in [3.8, 4) is 0 Å². The lowest BCUT2D eigenvalue weighted by atomic mass is 10.1. The van der Waals surface area contributed by atoms with Crippen molar-refractivity contribution in [2.24, 2.45) is 0 Å². The zero-order chi connectivity index (χ0) is 26.7. The lowest BCUT2D eigenvalue weighted by molar-refractivity contribution is 0.125. The molecule has 0 aliphatic heterocycles. The molecule has 0 unspecified atom stereocenters. The van der Waals surface area contributed by atoms with Crippen LogP contribution in [0.15, 0.2) is 24.3 Å². The summed E-state index contributed by atoms with van der Waals surface area (Å²) in [5.74, 6) is 0. The Labute approximate surface area is 235 Å². The van der Waals surface area contributed by atoms with E-state index in [1.54, 1.807) is 0 Å². The van der Waals surface area contributed by atoms with E-state index in [-0.39, 0.29) is 0 Å². The second-order valence-corrected chi connectivity index (χ2v) is 11.5. The fraction of sp³-hybridized carbons (Fsp3) is 0.889. The van der Waals surface area contributed by atoms with Gasteiger partial charge in [-0.2, -0.15) is 0 Å². The smallest absolute Gasteiger partial charge is 0.0466 e. The van der Waals surface area contributed by atoms with E-state index < -0.39 is 0 Å². The van der Waals surface area contributed by atoms with Crippen LogP contribution in [0, 0.1) is 0 Å². The van der Waals surface area contributed by atoms with Gasteiger partial charge < -0.3 is 4.74 Å². The molecule has 1 heteroatoms. The lowest BCUT2D eigenvalue weighted by Gasteiger charge is -2.05. The average Bonchev–Trinajstić information content (AvgIpc) is 2.91. The molecule has 1 nitrogen and oxygen atoms in total. The zero-order valence-electron chi connectivity index (χ0n) is 25.9. The predicted octanol–water partition coefficient (Wildman–Crippen LogP) is 13.1. The monoisotopic (exact) mass is 519 g/mol. The van der Waals surface area contributed by atoms with Crippen LogP contribution in [0.5, 0.6) is 0 Å². The lowest BCUT2D eigenvalue weighted by Crippen LogP contribution is -1.97. The molecule has 37 heavy (non-hydrogen) atoms. The Hall–Kier alpha value is -0.560. The average molecular weight is 519 g/mol. The Morgan fingerprint density at radius 3 is 0.838 bits per heavy atom. The SMILES string of the molecule is CCCCCCCCC=CCCCCCCCCOCCCCCCCCC=CCCCCCCCC. The first-order valence-electron chi connectivity index (χ1n) is 17.3. The molecule has 0 atom stereocenters. The van der Waals surface area contributed by atoms with Crippen molar-refractivity contribution >= 4 is 0 Å². The first kappa shape index (κ1) is 36.4. The van der Waals surface area contributed by atoms with E-state index in [9.17, 15) is 0 Å². The minimum atomic E-state index is 0.978. The molecule has 0 saturated heterocycles. The van der Waals surface area contributed by atoms with Crippen molar-refractivity contribution in [2.45, 2.75) is 194 Å². The molecule has 0 N–H and O–H groups in total. The largest absolute Gasteiger partial charge is 0.381 e. The first-order chi connectivity index (χ1) is 18.4. The fourth-order valence-corrected chi connectivity index (χ4v) is 5.01. The topological polar surface area (TPSA) is 9.23 Å². The third-order valence-electron chi connectivity index (χ3n) is 7.60. The van der Waals surface area contributed by atoms with Gasteiger partial charge in [0.1, 0.15) is 0 Å². The molecule has 0 rings (SSSR count). The highest BCUT2D eigenvalue weighted by atomic mass is 16.5. The molecule has 0 aromatic heterocycles. The molecule has 0 aromatic carbocycles. The van der Waals surface area contributed by atoms with Crippen LogP contribution in [0.1, 0.15) is 194 Å². The molecule has 0 heterocycles. The Kier molecular flexibility index (Phi) is 34.9. The number of unbranched alkanes of at least 4 members (excludes halogenated alkanes) is 24. The second kappa shape index (κ2) is 35.4. The van der Waals surface area contributed by atoms with Gasteiger partial charge in [-0.05, 0) is 64.2 Å². The van der Waals surface area contributed by atoms with Crippen LogP contribution in [-0.4, -0.2) is 13.2 Å². The van der Waals surface area contributed by atoms with Crippen molar-refractivity contribution < 1.29 is 4.74 Å². The van der Waals surface area contributed by atoms with Gasteiger partial charge in [0.15, 0.2) is 0 Å². The van der Waals surface area contributed by atoms with E-state index in [0.29, 0.717) is 0 Å². The van der Waals surface area contributed by atoms with Gasteiger partial charge in [0.05, 0.1) is 0 Å². The summed E-state index contributed by atoms with van der Waals surface area (Å²) < 4.78 is 5.85. The molecule has 0 aromatic rings. The van der Waals surface area contributed by atoms with Crippen molar-refractivity contribution in [1.82, 2.24) is 0 Å². The summed E-state index contributed by atoms with van der Waals surface area (Å²) in [7, 11) is 0. The molecule has 220 valence electrons. The molecule has 0 aliphatic rings. The van der Waals surface area contributed by atoms with Crippen molar-refractivity contribution in [3.63, 3.8) is 0 Å². The van der Waals surface area contributed by atoms with Crippen LogP contribution >= 0.6 is 0 Å². The van der Waals surface area contributed by atoms with Gasteiger partial charge in [0.25, 0.3) is 0 Å². The number of allylic oxidation sites excluding steroid dienone is 4. The van der Waals surface area contributed by atoms with Crippen LogP contribution in [0.25, 0.3) is 0 Å². The summed E-state index contributed by atoms with van der Waals surface area (Å²) in [6.45, 7) is 6.54. The van der Waals surface area contributed by atoms with E-state index in [1.165, 1.54) is 180 Å². The summed E-state index contributed by atoms with van der Waals surface area (Å²) in [6, 6.07) is 0. The molecule has 0 amide bonds. The Morgan fingerprint density at radius 1 is 0.297 bits per heavy atom. The second-order valence-electron chi connectivity index (χ2n) is 11.5. The van der Waals surface area contributed by atoms with Crippen LogP contribution in [0.4, 0.5) is 0 Å². The Morgan fingerprint density at radius 2 is 0.541 bits per heavy atom. The fourth-order valence-electron chi connectivity index (χ4n) is 5.01. The molecule has 0 aliphatic carbocycles. The van der Waals surface area contributed by atoms with Crippen LogP contribution in [-0.2, 0) is 4.74 Å². The van der Waals surface area contributed by atoms with Gasteiger partial charge in [-0.25, -0.2) is 0 Å². The third-order valence-corrected chi connectivity index (χ3v) is 7.60. The highest BCUT2D eigenvalue weighted by Crippen LogP contribution is 2.12. The summed E-state index contributed by atoms with van der Waals surface area (Å²) >= 11 is 0. The van der Waals surface area contributed by atoms with Gasteiger partial charge in [-0.15, -0.1) is 0 Å². The van der Waals surface area contributed by atoms with Crippen molar-refractivity contribution in [3.05, 3.63) is 24.3 Å². The third kappa shape index (κ3) is 35.4. The van der Waals surface area contributed by atoms with Crippen LogP contribution in [0.2, 0.25) is 0 Å². The highest BCUT2D eigenvalue weighted by Gasteiger charge is 1.95. The number of rotatable bonds is 32. The van der Waals surface area contributed by atoms with Gasteiger partial charge >= 0.3 is 0 Å². The summed E-state index contributed by atoms with van der Waals surface area (Å²) in [5, 5.41) is 0. The van der Waals surface area contributed by atoms with Gasteiger partial charge in [-0.1, -0.05) is 154 Å². The van der Waals surface area contributed by atoms with Gasteiger partial charge in [0, 0.05) is 13.2 Å². The minimum absolute atomic E-state index is 0.978. The van der Waals surface area contributed by atoms with E-state index in [1.807, 2.05) is 0 Å². The standard InChI is InChI=1S/C36H70O/c1-3-5-7-9-11-13-15-17-19-21-23-25-27-29-31-33-35-37-36-34-32-30-28-26-24-22-20-18-16-14-12-10-8-6-4-2/h17-20H,3-16,21-36H2,1-2H3. The highest BCUT2D eigenvalue weighted by molar-refractivity contribution is 4.82. The number of hydrogen-bond donors (Lipinski definition) is 0. The Bertz CT molecular complexity index is 398. The van der Waals surface area contributed by atoms with Crippen molar-refractivity contribution in [1.29, 1.82) is 0 Å². The molecule has 0 fully saturated rings. The molecule has 0 spiro atoms. The molecule has 0 bridgehead atoms. The summed E-state index contributed by atoms with van der Waals surface area (Å²) in [5.41, 5.74) is 0. The van der Waals surface area contributed by atoms with Gasteiger partial charge in [-0.3, -0.25) is 0 Å². The van der Waals surface area contributed by atoms with E-state index in [0.717, 1.165) is 13.2 Å². The quantitative estimate of drug-likeness (QED) is 0.0635. The molecule has 0 saturated carbocycles. The van der Waals surface area contributed by atoms with Gasteiger partial charge in [0.2, 0.25) is 0 Å². The predicted molar refractivity (Wildman–Crippen MR) is 170 cm³/mol. The Balaban J connectivity index is 3.09. The normalized spacial score (nSPS) is 11.9. The first-order valence-corrected chi connectivity index (χ1v) is 17.3. The number of ether oxygens (including phenoxy) is 1. The maximum atomic E-state index is 5.85. The summed E-state index contributed by atoms with van der Waals surface area (Å²) in [4.78, 5) is 0. The molecular formula is C36H70O. The minimum Gasteiger partial charge on any atom is -0.381 e. The maximum absolute atomic E-state index is 5.85.